The van der Waals surface area contributed by atoms with Gasteiger partial charge in [-0.2, -0.15) is 0 Å². The molecule has 2 rings (SSSR count). The van der Waals surface area contributed by atoms with E-state index in [1.54, 1.807) is 11.0 Å². The summed E-state index contributed by atoms with van der Waals surface area (Å²) in [7, 11) is 1.52. The summed E-state index contributed by atoms with van der Waals surface area (Å²) >= 11 is 0. The Morgan fingerprint density at radius 3 is 2.94 bits per heavy atom. The molecule has 0 saturated carbocycles. The minimum absolute atomic E-state index is 0.0594. The van der Waals surface area contributed by atoms with Crippen LogP contribution < -0.4 is 10.2 Å². The highest BCUT2D eigenvalue weighted by Gasteiger charge is 2.26. The highest BCUT2D eigenvalue weighted by atomic mass is 19.2. The van der Waals surface area contributed by atoms with E-state index in [-0.39, 0.29) is 18.1 Å². The summed E-state index contributed by atoms with van der Waals surface area (Å²) in [6, 6.07) is 2.69. The Balaban J connectivity index is 2.31. The number of nitrogens with zero attached hydrogens (tertiary/aromatic N) is 1. The normalized spacial score (nSPS) is 13.8. The van der Waals surface area contributed by atoms with E-state index in [1.807, 2.05) is 0 Å². The SMILES string of the molecule is CNC(=O)CN1CCc2ccc(F)c(F)c21. The number of carbonyl (C=O) groups is 1. The maximum Gasteiger partial charge on any atom is 0.239 e. The number of hydrogen-bond donors (Lipinski definition) is 1. The first-order valence-corrected chi connectivity index (χ1v) is 5.06. The van der Waals surface area contributed by atoms with Gasteiger partial charge in [0.15, 0.2) is 11.6 Å². The van der Waals surface area contributed by atoms with Crippen LogP contribution in [0.15, 0.2) is 12.1 Å². The number of hydrogen-bond acceptors (Lipinski definition) is 2. The van der Waals surface area contributed by atoms with Gasteiger partial charge in [0, 0.05) is 13.6 Å². The lowest BCUT2D eigenvalue weighted by molar-refractivity contribution is -0.119. The van der Waals surface area contributed by atoms with Gasteiger partial charge in [0.05, 0.1) is 12.2 Å². The molecule has 0 spiro atoms. The molecule has 3 nitrogen and oxygen atoms in total. The van der Waals surface area contributed by atoms with E-state index >= 15 is 0 Å². The van der Waals surface area contributed by atoms with Crippen molar-refractivity contribution in [2.45, 2.75) is 6.42 Å². The third-order valence-electron chi connectivity index (χ3n) is 2.73. The van der Waals surface area contributed by atoms with E-state index in [4.69, 9.17) is 0 Å². The molecule has 0 aliphatic carbocycles. The van der Waals surface area contributed by atoms with Crippen molar-refractivity contribution in [1.29, 1.82) is 0 Å². The molecule has 1 aliphatic heterocycles. The summed E-state index contributed by atoms with van der Waals surface area (Å²) in [5.41, 5.74) is 0.978. The van der Waals surface area contributed by atoms with Crippen LogP contribution in [0.1, 0.15) is 5.56 Å². The lowest BCUT2D eigenvalue weighted by Crippen LogP contribution is -2.34. The third-order valence-corrected chi connectivity index (χ3v) is 2.73. The van der Waals surface area contributed by atoms with Gasteiger partial charge in [0.1, 0.15) is 0 Å². The zero-order valence-corrected chi connectivity index (χ0v) is 8.89. The molecule has 1 aromatic carbocycles. The maximum atomic E-state index is 13.6. The monoisotopic (exact) mass is 226 g/mol. The highest BCUT2D eigenvalue weighted by Crippen LogP contribution is 2.31. The summed E-state index contributed by atoms with van der Waals surface area (Å²) in [5.74, 6) is -1.95. The van der Waals surface area contributed by atoms with Crippen molar-refractivity contribution >= 4 is 11.6 Å². The highest BCUT2D eigenvalue weighted by molar-refractivity contribution is 5.82. The molecule has 0 radical (unpaired) electrons. The van der Waals surface area contributed by atoms with Crippen LogP contribution in [0.3, 0.4) is 0 Å². The summed E-state index contributed by atoms with van der Waals surface area (Å²) in [4.78, 5) is 12.8. The fourth-order valence-electron chi connectivity index (χ4n) is 1.90. The summed E-state index contributed by atoms with van der Waals surface area (Å²) < 4.78 is 26.6. The molecule has 0 bridgehead atoms. The second-order valence-electron chi connectivity index (χ2n) is 3.71. The number of amides is 1. The number of nitrogens with one attached hydrogen (secondary N) is 1. The van der Waals surface area contributed by atoms with E-state index in [9.17, 15) is 13.6 Å². The number of benzene rings is 1. The smallest absolute Gasteiger partial charge is 0.239 e. The first-order valence-electron chi connectivity index (χ1n) is 5.06. The number of carbonyl (C=O) groups excluding carboxylic acids is 1. The molecule has 0 aromatic heterocycles. The molecule has 16 heavy (non-hydrogen) atoms. The minimum atomic E-state index is -0.873. The zero-order chi connectivity index (χ0) is 11.7. The predicted molar refractivity (Wildman–Crippen MR) is 56.3 cm³/mol. The van der Waals surface area contributed by atoms with Crippen LogP contribution in [0.25, 0.3) is 0 Å². The van der Waals surface area contributed by atoms with Crippen molar-refractivity contribution in [1.82, 2.24) is 5.32 Å². The Morgan fingerprint density at radius 1 is 1.50 bits per heavy atom. The first kappa shape index (κ1) is 10.9. The minimum Gasteiger partial charge on any atom is -0.359 e. The fraction of sp³-hybridized carbons (Fsp3) is 0.364. The van der Waals surface area contributed by atoms with Gasteiger partial charge in [0.25, 0.3) is 0 Å². The summed E-state index contributed by atoms with van der Waals surface area (Å²) in [6.45, 7) is 0.604. The van der Waals surface area contributed by atoms with Crippen LogP contribution in [0.5, 0.6) is 0 Å². The van der Waals surface area contributed by atoms with E-state index in [0.29, 0.717) is 13.0 Å². The standard InChI is InChI=1S/C11H12F2N2O/c1-14-9(16)6-15-5-4-7-2-3-8(12)10(13)11(7)15/h2-3H,4-6H2,1H3,(H,14,16). The van der Waals surface area contributed by atoms with Crippen molar-refractivity contribution in [2.24, 2.45) is 0 Å². The number of anilines is 1. The lowest BCUT2D eigenvalue weighted by Gasteiger charge is -2.18. The topological polar surface area (TPSA) is 32.3 Å². The molecule has 1 aliphatic rings. The molecule has 1 aromatic rings. The Hall–Kier alpha value is -1.65. The number of likely N-dealkylation sites (N-methyl/N-ethyl adjacent to an activating group) is 1. The number of fused-ring (bicyclic) bond motifs is 1. The van der Waals surface area contributed by atoms with Gasteiger partial charge in [-0.05, 0) is 18.1 Å². The van der Waals surface area contributed by atoms with Gasteiger partial charge in [-0.15, -0.1) is 0 Å². The molecule has 86 valence electrons. The zero-order valence-electron chi connectivity index (χ0n) is 8.89. The number of halogens is 2. The van der Waals surface area contributed by atoms with Crippen LogP contribution in [-0.4, -0.2) is 26.0 Å². The van der Waals surface area contributed by atoms with Crippen molar-refractivity contribution in [3.63, 3.8) is 0 Å². The Labute approximate surface area is 92.1 Å². The fourth-order valence-corrected chi connectivity index (χ4v) is 1.90. The van der Waals surface area contributed by atoms with Gasteiger partial charge in [-0.25, -0.2) is 8.78 Å². The second kappa shape index (κ2) is 4.08. The number of rotatable bonds is 2. The summed E-state index contributed by atoms with van der Waals surface area (Å²) in [6.07, 6.45) is 0.642. The van der Waals surface area contributed by atoms with E-state index < -0.39 is 11.6 Å². The van der Waals surface area contributed by atoms with E-state index in [2.05, 4.69) is 5.32 Å². The molecule has 0 atom stereocenters. The van der Waals surface area contributed by atoms with Gasteiger partial charge >= 0.3 is 0 Å². The average molecular weight is 226 g/mol. The Morgan fingerprint density at radius 2 is 2.25 bits per heavy atom. The molecular formula is C11H12F2N2O. The maximum absolute atomic E-state index is 13.6. The second-order valence-corrected chi connectivity index (χ2v) is 3.71. The first-order chi connectivity index (χ1) is 7.63. The Bertz CT molecular complexity index is 434. The largest absolute Gasteiger partial charge is 0.359 e. The van der Waals surface area contributed by atoms with Crippen LogP contribution in [0.4, 0.5) is 14.5 Å². The van der Waals surface area contributed by atoms with Gasteiger partial charge in [0.2, 0.25) is 5.91 Å². The van der Waals surface area contributed by atoms with Crippen molar-refractivity contribution in [3.8, 4) is 0 Å². The quantitative estimate of drug-likeness (QED) is 0.818. The third kappa shape index (κ3) is 1.73. The predicted octanol–water partition coefficient (Wildman–Crippen LogP) is 1.07. The molecule has 0 saturated heterocycles. The van der Waals surface area contributed by atoms with Gasteiger partial charge in [-0.3, -0.25) is 4.79 Å². The Kier molecular flexibility index (Phi) is 2.77. The molecule has 0 fully saturated rings. The van der Waals surface area contributed by atoms with Gasteiger partial charge < -0.3 is 10.2 Å². The molecule has 5 heteroatoms. The summed E-state index contributed by atoms with van der Waals surface area (Å²) in [5, 5.41) is 2.46. The molecule has 1 heterocycles. The average Bonchev–Trinajstić information content (AvgIpc) is 2.67. The van der Waals surface area contributed by atoms with Crippen LogP contribution in [0.2, 0.25) is 0 Å². The lowest BCUT2D eigenvalue weighted by atomic mass is 10.1. The van der Waals surface area contributed by atoms with Crippen LogP contribution >= 0.6 is 0 Å². The van der Waals surface area contributed by atoms with Crippen molar-refractivity contribution in [3.05, 3.63) is 29.3 Å². The molecule has 1 N–H and O–H groups in total. The molecule has 1 amide bonds. The van der Waals surface area contributed by atoms with Crippen molar-refractivity contribution in [2.75, 3.05) is 25.0 Å². The molecule has 0 unspecified atom stereocenters. The van der Waals surface area contributed by atoms with E-state index in [1.165, 1.54) is 7.05 Å². The molecular weight excluding hydrogens is 214 g/mol. The van der Waals surface area contributed by atoms with Gasteiger partial charge in [-0.1, -0.05) is 6.07 Å². The van der Waals surface area contributed by atoms with Crippen molar-refractivity contribution < 1.29 is 13.6 Å². The van der Waals surface area contributed by atoms with Crippen LogP contribution in [-0.2, 0) is 11.2 Å². The van der Waals surface area contributed by atoms with Crippen LogP contribution in [0, 0.1) is 11.6 Å². The van der Waals surface area contributed by atoms with E-state index in [0.717, 1.165) is 11.6 Å².